The van der Waals surface area contributed by atoms with Gasteiger partial charge in [-0.1, -0.05) is 0 Å². The van der Waals surface area contributed by atoms with E-state index in [2.05, 4.69) is 0 Å². The minimum Gasteiger partial charge on any atom is -0.550 e. The Labute approximate surface area is 133 Å². The van der Waals surface area contributed by atoms with Crippen molar-refractivity contribution < 1.29 is 81.7 Å². The standard InChI is InChI=1S/4C2H4O2.2W/c4*1-2(3)4;;/h4*1H3,(H,3,4);;/p-4. The zero-order chi connectivity index (χ0) is 14.3. The summed E-state index contributed by atoms with van der Waals surface area (Å²) < 4.78 is 0. The first-order valence-corrected chi connectivity index (χ1v) is 3.63. The van der Waals surface area contributed by atoms with Gasteiger partial charge in [-0.2, -0.15) is 0 Å². The van der Waals surface area contributed by atoms with E-state index in [-0.39, 0.29) is 42.1 Å². The van der Waals surface area contributed by atoms with E-state index in [1.807, 2.05) is 0 Å². The van der Waals surface area contributed by atoms with E-state index < -0.39 is 23.9 Å². The molecule has 0 aromatic carbocycles. The minimum absolute atomic E-state index is 0. The molecule has 0 aliphatic carbocycles. The summed E-state index contributed by atoms with van der Waals surface area (Å²) in [5.41, 5.74) is 0. The van der Waals surface area contributed by atoms with Gasteiger partial charge >= 0.3 is 0 Å². The summed E-state index contributed by atoms with van der Waals surface area (Å²) in [6, 6.07) is 0. The molecule has 0 spiro atoms. The molecule has 10 heteroatoms. The number of hydrogen-bond acceptors (Lipinski definition) is 8. The molecule has 0 aliphatic heterocycles. The van der Waals surface area contributed by atoms with Gasteiger partial charge in [-0.25, -0.2) is 0 Å². The van der Waals surface area contributed by atoms with E-state index in [4.69, 9.17) is 39.6 Å². The van der Waals surface area contributed by atoms with Crippen LogP contribution in [0.25, 0.3) is 0 Å². The molecule has 0 aromatic rings. The molecule has 0 fully saturated rings. The number of carboxylic acid groups (broad SMARTS) is 4. The van der Waals surface area contributed by atoms with Crippen LogP contribution in [0.5, 0.6) is 0 Å². The van der Waals surface area contributed by atoms with Crippen molar-refractivity contribution in [2.75, 3.05) is 0 Å². The Balaban J connectivity index is -0.0000000257. The molecule has 0 N–H and O–H groups in total. The Morgan fingerprint density at radius 1 is 0.500 bits per heavy atom. The van der Waals surface area contributed by atoms with E-state index in [0.29, 0.717) is 0 Å². The summed E-state index contributed by atoms with van der Waals surface area (Å²) in [7, 11) is 0. The summed E-state index contributed by atoms with van der Waals surface area (Å²) in [6.45, 7) is 3.89. The molecule has 0 saturated carbocycles. The Morgan fingerprint density at radius 3 is 0.500 bits per heavy atom. The molecule has 0 amide bonds. The number of aliphatic carboxylic acids is 4. The van der Waals surface area contributed by atoms with Crippen molar-refractivity contribution in [2.45, 2.75) is 27.7 Å². The largest absolute Gasteiger partial charge is 0.550 e. The third-order valence-electron chi connectivity index (χ3n) is 0. The normalized spacial score (nSPS) is 5.56. The SMILES string of the molecule is CC(=O)[O-].CC(=O)[O-].CC(=O)[O-].CC(=O)[O-].[W].[W]. The molecular formula is C8H12O8W2-4. The van der Waals surface area contributed by atoms with Crippen LogP contribution in [0.15, 0.2) is 0 Å². The van der Waals surface area contributed by atoms with Crippen LogP contribution in [0.3, 0.4) is 0 Å². The van der Waals surface area contributed by atoms with Crippen LogP contribution in [0.2, 0.25) is 0 Å². The van der Waals surface area contributed by atoms with Crippen LogP contribution < -0.4 is 20.4 Å². The van der Waals surface area contributed by atoms with Crippen LogP contribution in [-0.4, -0.2) is 23.9 Å². The number of carbonyl (C=O) groups excluding carboxylic acids is 4. The Bertz CT molecular complexity index is 165. The predicted octanol–water partition coefficient (Wildman–Crippen LogP) is -4.98. The summed E-state index contributed by atoms with van der Waals surface area (Å²) >= 11 is 0. The molecule has 0 radical (unpaired) electrons. The number of rotatable bonds is 0. The fourth-order valence-corrected chi connectivity index (χ4v) is 0. The van der Waals surface area contributed by atoms with Crippen molar-refractivity contribution in [1.82, 2.24) is 0 Å². The van der Waals surface area contributed by atoms with Crippen LogP contribution in [0, 0.1) is 0 Å². The van der Waals surface area contributed by atoms with Crippen molar-refractivity contribution in [2.24, 2.45) is 0 Å². The van der Waals surface area contributed by atoms with Crippen LogP contribution in [0.1, 0.15) is 27.7 Å². The Morgan fingerprint density at radius 2 is 0.500 bits per heavy atom. The first-order chi connectivity index (χ1) is 6.93. The van der Waals surface area contributed by atoms with Gasteiger partial charge in [-0.15, -0.1) is 0 Å². The summed E-state index contributed by atoms with van der Waals surface area (Å²) in [4.78, 5) is 35.6. The second-order valence-corrected chi connectivity index (χ2v) is 1.97. The van der Waals surface area contributed by atoms with Gasteiger partial charge in [0.1, 0.15) is 0 Å². The molecule has 0 heterocycles. The second kappa shape index (κ2) is 29.9. The fourth-order valence-electron chi connectivity index (χ4n) is 0. The third-order valence-corrected chi connectivity index (χ3v) is 0. The quantitative estimate of drug-likeness (QED) is 0.266. The third kappa shape index (κ3) is 5610. The second-order valence-electron chi connectivity index (χ2n) is 1.97. The van der Waals surface area contributed by atoms with Gasteiger partial charge in [0.15, 0.2) is 0 Å². The Hall–Kier alpha value is -0.743. The first kappa shape index (κ1) is 36.0. The van der Waals surface area contributed by atoms with Gasteiger partial charge in [0, 0.05) is 66.0 Å². The molecule has 0 atom stereocenters. The monoisotopic (exact) mass is 604 g/mol. The molecule has 0 unspecified atom stereocenters. The van der Waals surface area contributed by atoms with E-state index in [1.54, 1.807) is 0 Å². The minimum atomic E-state index is -1.08. The van der Waals surface area contributed by atoms with Crippen molar-refractivity contribution in [1.29, 1.82) is 0 Å². The Kier molecular flexibility index (Phi) is 59.7. The van der Waals surface area contributed by atoms with Gasteiger partial charge in [-0.05, 0) is 27.7 Å². The smallest absolute Gasteiger partial charge is 0.0383 e. The molecule has 0 saturated heterocycles. The van der Waals surface area contributed by atoms with Crippen molar-refractivity contribution in [3.63, 3.8) is 0 Å². The van der Waals surface area contributed by atoms with Crippen molar-refractivity contribution in [3.05, 3.63) is 0 Å². The number of carboxylic acids is 4. The first-order valence-electron chi connectivity index (χ1n) is 3.63. The molecule has 0 aliphatic rings. The van der Waals surface area contributed by atoms with Crippen LogP contribution >= 0.6 is 0 Å². The van der Waals surface area contributed by atoms with E-state index in [9.17, 15) is 0 Å². The maximum absolute atomic E-state index is 8.89. The van der Waals surface area contributed by atoms with Crippen molar-refractivity contribution in [3.8, 4) is 0 Å². The molecular weight excluding hydrogens is 592 g/mol. The molecule has 108 valence electrons. The van der Waals surface area contributed by atoms with Gasteiger partial charge in [0.05, 0.1) is 0 Å². The maximum Gasteiger partial charge on any atom is 0.0383 e. The molecule has 0 aromatic heterocycles. The fraction of sp³-hybridized carbons (Fsp3) is 0.500. The average Bonchev–Trinajstić information content (AvgIpc) is 1.76. The van der Waals surface area contributed by atoms with Crippen LogP contribution in [-0.2, 0) is 61.3 Å². The van der Waals surface area contributed by atoms with Crippen molar-refractivity contribution >= 4 is 23.9 Å². The zero-order valence-corrected chi connectivity index (χ0v) is 15.9. The molecule has 18 heavy (non-hydrogen) atoms. The van der Waals surface area contributed by atoms with E-state index in [1.165, 1.54) is 0 Å². The van der Waals surface area contributed by atoms with Gasteiger partial charge < -0.3 is 39.6 Å². The predicted molar refractivity (Wildman–Crippen MR) is 42.7 cm³/mol. The molecule has 0 bridgehead atoms. The summed E-state index contributed by atoms with van der Waals surface area (Å²) in [5.74, 6) is -4.33. The van der Waals surface area contributed by atoms with Gasteiger partial charge in [0.25, 0.3) is 0 Å². The molecule has 0 rings (SSSR count). The number of hydrogen-bond donors (Lipinski definition) is 0. The van der Waals surface area contributed by atoms with Gasteiger partial charge in [0.2, 0.25) is 0 Å². The number of carbonyl (C=O) groups is 4. The zero-order valence-electron chi connectivity index (χ0n) is 10.1. The van der Waals surface area contributed by atoms with Gasteiger partial charge in [-0.3, -0.25) is 0 Å². The van der Waals surface area contributed by atoms with E-state index in [0.717, 1.165) is 27.7 Å². The van der Waals surface area contributed by atoms with E-state index >= 15 is 0 Å². The topological polar surface area (TPSA) is 161 Å². The average molecular weight is 604 g/mol. The summed E-state index contributed by atoms with van der Waals surface area (Å²) in [6.07, 6.45) is 0. The molecule has 8 nitrogen and oxygen atoms in total. The summed E-state index contributed by atoms with van der Waals surface area (Å²) in [5, 5.41) is 35.6. The van der Waals surface area contributed by atoms with Crippen LogP contribution in [0.4, 0.5) is 0 Å². The maximum atomic E-state index is 8.89.